The van der Waals surface area contributed by atoms with E-state index in [1.54, 1.807) is 48.8 Å². The third-order valence-corrected chi connectivity index (χ3v) is 6.64. The normalized spacial score (nSPS) is 19.1. The fourth-order valence-corrected chi connectivity index (χ4v) is 5.02. The molecule has 1 aliphatic heterocycles. The molecule has 5 rings (SSSR count). The number of hydrogen-bond acceptors (Lipinski definition) is 6. The lowest BCUT2D eigenvalue weighted by atomic mass is 9.78. The smallest absolute Gasteiger partial charge is 0.228 e. The summed E-state index contributed by atoms with van der Waals surface area (Å²) in [5, 5.41) is 14.5. The number of fused-ring (bicyclic) bond motifs is 1. The van der Waals surface area contributed by atoms with E-state index in [1.165, 1.54) is 17.0 Å². The third kappa shape index (κ3) is 4.49. The molecule has 2 aromatic carbocycles. The van der Waals surface area contributed by atoms with E-state index in [1.807, 2.05) is 12.1 Å². The summed E-state index contributed by atoms with van der Waals surface area (Å²) in [7, 11) is 0. The van der Waals surface area contributed by atoms with Crippen LogP contribution in [0.25, 0.3) is 0 Å². The SMILES string of the molecule is O=C([O-])CCC(=O)N1c2ccccc2NC2=C(C(=O)CC(c3ccc(F)cc3)C2)C1c1cccnc1. The molecule has 2 atom stereocenters. The number of anilines is 2. The summed E-state index contributed by atoms with van der Waals surface area (Å²) in [5.74, 6) is -2.41. The minimum Gasteiger partial charge on any atom is -0.550 e. The maximum Gasteiger partial charge on any atom is 0.228 e. The van der Waals surface area contributed by atoms with Gasteiger partial charge >= 0.3 is 0 Å². The van der Waals surface area contributed by atoms with Gasteiger partial charge in [-0.25, -0.2) is 4.39 Å². The number of amides is 1. The number of para-hydroxylation sites is 2. The lowest BCUT2D eigenvalue weighted by Crippen LogP contribution is -2.39. The fourth-order valence-electron chi connectivity index (χ4n) is 5.02. The van der Waals surface area contributed by atoms with Crippen molar-refractivity contribution in [2.75, 3.05) is 10.2 Å². The molecule has 1 aromatic heterocycles. The molecule has 0 saturated heterocycles. The van der Waals surface area contributed by atoms with E-state index in [0.717, 1.165) is 5.56 Å². The van der Waals surface area contributed by atoms with Crippen molar-refractivity contribution in [1.29, 1.82) is 0 Å². The van der Waals surface area contributed by atoms with Gasteiger partial charge < -0.3 is 15.2 Å². The molecule has 3 aromatic rings. The minimum atomic E-state index is -1.32. The lowest BCUT2D eigenvalue weighted by molar-refractivity contribution is -0.305. The van der Waals surface area contributed by atoms with E-state index in [4.69, 9.17) is 0 Å². The number of Topliss-reactive ketones (excluding diaryl/α,β-unsaturated/α-hetero) is 1. The summed E-state index contributed by atoms with van der Waals surface area (Å²) in [6.07, 6.45) is 3.19. The van der Waals surface area contributed by atoms with Crippen LogP contribution in [-0.2, 0) is 14.4 Å². The number of benzene rings is 2. The highest BCUT2D eigenvalue weighted by Crippen LogP contribution is 2.47. The Bertz CT molecular complexity index is 1350. The highest BCUT2D eigenvalue weighted by molar-refractivity contribution is 6.06. The van der Waals surface area contributed by atoms with E-state index >= 15 is 0 Å². The van der Waals surface area contributed by atoms with Crippen LogP contribution in [0.1, 0.15) is 48.8 Å². The molecule has 0 saturated carbocycles. The second kappa shape index (κ2) is 9.73. The maximum atomic E-state index is 13.8. The first-order chi connectivity index (χ1) is 17.4. The van der Waals surface area contributed by atoms with Gasteiger partial charge in [0.05, 0.1) is 17.4 Å². The summed E-state index contributed by atoms with van der Waals surface area (Å²) in [6, 6.07) is 16.1. The Morgan fingerprint density at radius 3 is 2.50 bits per heavy atom. The monoisotopic (exact) mass is 484 g/mol. The van der Waals surface area contributed by atoms with E-state index < -0.39 is 24.3 Å². The molecule has 7 nitrogen and oxygen atoms in total. The molecule has 0 bridgehead atoms. The largest absolute Gasteiger partial charge is 0.550 e. The zero-order valence-electron chi connectivity index (χ0n) is 19.3. The first-order valence-electron chi connectivity index (χ1n) is 11.7. The number of ketones is 1. The molecule has 1 amide bonds. The molecule has 1 aliphatic carbocycles. The Morgan fingerprint density at radius 1 is 1.00 bits per heavy atom. The van der Waals surface area contributed by atoms with Gasteiger partial charge in [-0.3, -0.25) is 19.5 Å². The van der Waals surface area contributed by atoms with Gasteiger partial charge in [-0.15, -0.1) is 0 Å². The number of carbonyl (C=O) groups is 3. The molecule has 0 spiro atoms. The number of rotatable bonds is 5. The second-order valence-electron chi connectivity index (χ2n) is 8.94. The fraction of sp³-hybridized carbons (Fsp3) is 0.214. The zero-order valence-corrected chi connectivity index (χ0v) is 19.3. The number of aliphatic carboxylic acids is 1. The van der Waals surface area contributed by atoms with Crippen LogP contribution in [-0.4, -0.2) is 22.6 Å². The van der Waals surface area contributed by atoms with Crippen LogP contribution < -0.4 is 15.3 Å². The van der Waals surface area contributed by atoms with Crippen molar-refractivity contribution in [2.24, 2.45) is 0 Å². The van der Waals surface area contributed by atoms with Gasteiger partial charge in [0, 0.05) is 42.5 Å². The summed E-state index contributed by atoms with van der Waals surface area (Å²) in [5.41, 5.74) is 3.78. The highest BCUT2D eigenvalue weighted by Gasteiger charge is 2.41. The number of pyridine rings is 1. The molecule has 36 heavy (non-hydrogen) atoms. The van der Waals surface area contributed by atoms with E-state index in [2.05, 4.69) is 10.3 Å². The molecule has 0 radical (unpaired) electrons. The van der Waals surface area contributed by atoms with Gasteiger partial charge in [0.15, 0.2) is 5.78 Å². The Hall–Kier alpha value is -4.33. The predicted octanol–water partition coefficient (Wildman–Crippen LogP) is 3.65. The molecule has 0 fully saturated rings. The molecule has 182 valence electrons. The summed E-state index contributed by atoms with van der Waals surface area (Å²) >= 11 is 0. The van der Waals surface area contributed by atoms with Crippen LogP contribution in [0.3, 0.4) is 0 Å². The molecular formula is C28H23FN3O4-. The van der Waals surface area contributed by atoms with E-state index in [0.29, 0.717) is 34.6 Å². The molecule has 8 heteroatoms. The minimum absolute atomic E-state index is 0.141. The third-order valence-electron chi connectivity index (χ3n) is 6.64. The van der Waals surface area contributed by atoms with Crippen LogP contribution in [0.4, 0.5) is 15.8 Å². The van der Waals surface area contributed by atoms with Gasteiger partial charge in [0.25, 0.3) is 0 Å². The average Bonchev–Trinajstić information content (AvgIpc) is 3.03. The zero-order chi connectivity index (χ0) is 25.2. The number of allylic oxidation sites excluding steroid dienone is 1. The number of nitrogens with zero attached hydrogens (tertiary/aromatic N) is 2. The Balaban J connectivity index is 1.66. The number of aromatic nitrogens is 1. The van der Waals surface area contributed by atoms with Crippen LogP contribution in [0.2, 0.25) is 0 Å². The number of nitrogens with one attached hydrogen (secondary N) is 1. The first-order valence-corrected chi connectivity index (χ1v) is 11.7. The average molecular weight is 485 g/mol. The molecule has 2 unspecified atom stereocenters. The highest BCUT2D eigenvalue weighted by atomic mass is 19.1. The first kappa shape index (κ1) is 23.4. The van der Waals surface area contributed by atoms with Crippen LogP contribution in [0.5, 0.6) is 0 Å². The molecule has 2 heterocycles. The van der Waals surface area contributed by atoms with Crippen molar-refractivity contribution in [3.05, 3.63) is 101 Å². The second-order valence-corrected chi connectivity index (χ2v) is 8.94. The topological polar surface area (TPSA) is 102 Å². The van der Waals surface area contributed by atoms with Crippen molar-refractivity contribution in [3.8, 4) is 0 Å². The van der Waals surface area contributed by atoms with Crippen molar-refractivity contribution in [2.45, 2.75) is 37.6 Å². The number of carboxylic acid groups (broad SMARTS) is 1. The Kier molecular flexibility index (Phi) is 6.33. The van der Waals surface area contributed by atoms with Crippen molar-refractivity contribution >= 4 is 29.0 Å². The van der Waals surface area contributed by atoms with Crippen LogP contribution >= 0.6 is 0 Å². The summed E-state index contributed by atoms with van der Waals surface area (Å²) < 4.78 is 13.5. The Morgan fingerprint density at radius 2 is 1.78 bits per heavy atom. The van der Waals surface area contributed by atoms with Gasteiger partial charge in [-0.05, 0) is 60.2 Å². The quantitative estimate of drug-likeness (QED) is 0.593. The number of halogens is 1. The number of carbonyl (C=O) groups excluding carboxylic acids is 3. The maximum absolute atomic E-state index is 13.8. The van der Waals surface area contributed by atoms with Crippen LogP contribution in [0, 0.1) is 5.82 Å². The van der Waals surface area contributed by atoms with Gasteiger partial charge in [0.1, 0.15) is 5.82 Å². The molecule has 2 aliphatic rings. The van der Waals surface area contributed by atoms with Gasteiger partial charge in [-0.1, -0.05) is 30.3 Å². The van der Waals surface area contributed by atoms with Gasteiger partial charge in [-0.2, -0.15) is 0 Å². The van der Waals surface area contributed by atoms with Crippen molar-refractivity contribution in [1.82, 2.24) is 4.98 Å². The van der Waals surface area contributed by atoms with E-state index in [9.17, 15) is 23.9 Å². The summed E-state index contributed by atoms with van der Waals surface area (Å²) in [4.78, 5) is 44.1. The predicted molar refractivity (Wildman–Crippen MR) is 129 cm³/mol. The molecule has 1 N–H and O–H groups in total. The summed E-state index contributed by atoms with van der Waals surface area (Å²) in [6.45, 7) is 0. The Labute approximate surface area is 207 Å². The van der Waals surface area contributed by atoms with Crippen LogP contribution in [0.15, 0.2) is 84.3 Å². The number of hydrogen-bond donors (Lipinski definition) is 1. The van der Waals surface area contributed by atoms with Gasteiger partial charge in [0.2, 0.25) is 5.91 Å². The molecular weight excluding hydrogens is 461 g/mol. The number of carboxylic acids is 1. The standard InChI is InChI=1S/C28H24FN3O4/c29-20-9-7-17(8-10-20)19-14-22-27(24(33)15-19)28(18-4-3-13-30-16-18)32(25(34)11-12-26(35)36)23-6-2-1-5-21(23)31-22/h1-10,13,16,19,28,31H,11-12,14-15H2,(H,35,36)/p-1. The lowest BCUT2D eigenvalue weighted by Gasteiger charge is -2.35. The van der Waals surface area contributed by atoms with Crippen molar-refractivity contribution < 1.29 is 23.9 Å². The van der Waals surface area contributed by atoms with E-state index in [-0.39, 0.29) is 30.4 Å². The van der Waals surface area contributed by atoms with Crippen molar-refractivity contribution in [3.63, 3.8) is 0 Å².